The van der Waals surface area contributed by atoms with E-state index < -0.39 is 0 Å². The fourth-order valence-corrected chi connectivity index (χ4v) is 3.07. The van der Waals surface area contributed by atoms with E-state index in [0.29, 0.717) is 18.0 Å². The molecular weight excluding hydrogens is 319 g/mol. The van der Waals surface area contributed by atoms with Gasteiger partial charge in [0.2, 0.25) is 5.91 Å². The van der Waals surface area contributed by atoms with Crippen molar-refractivity contribution in [2.24, 2.45) is 0 Å². The van der Waals surface area contributed by atoms with Crippen molar-refractivity contribution in [2.45, 2.75) is 12.5 Å². The van der Waals surface area contributed by atoms with Gasteiger partial charge in [-0.1, -0.05) is 17.7 Å². The number of hydrogen-bond donors (Lipinski definition) is 2. The summed E-state index contributed by atoms with van der Waals surface area (Å²) in [5.41, 5.74) is 1.01. The highest BCUT2D eigenvalue weighted by atomic mass is 35.5. The minimum atomic E-state index is -0.0589. The van der Waals surface area contributed by atoms with E-state index in [2.05, 4.69) is 10.6 Å². The van der Waals surface area contributed by atoms with Crippen molar-refractivity contribution in [1.82, 2.24) is 10.6 Å². The molecule has 0 saturated carbocycles. The Morgan fingerprint density at radius 3 is 3.00 bits per heavy atom. The van der Waals surface area contributed by atoms with Crippen LogP contribution in [0, 0.1) is 0 Å². The molecule has 0 aromatic heterocycles. The molecule has 1 aliphatic heterocycles. The van der Waals surface area contributed by atoms with Crippen molar-refractivity contribution in [1.29, 1.82) is 0 Å². The summed E-state index contributed by atoms with van der Waals surface area (Å²) < 4.78 is 5.10. The van der Waals surface area contributed by atoms with Crippen LogP contribution >= 0.6 is 35.8 Å². The van der Waals surface area contributed by atoms with Crippen LogP contribution < -0.4 is 15.4 Å². The van der Waals surface area contributed by atoms with Gasteiger partial charge in [-0.05, 0) is 24.1 Å². The van der Waals surface area contributed by atoms with Gasteiger partial charge in [-0.15, -0.1) is 24.2 Å². The summed E-state index contributed by atoms with van der Waals surface area (Å²) >= 11 is 7.88. The lowest BCUT2D eigenvalue weighted by Crippen LogP contribution is -2.42. The second-order valence-corrected chi connectivity index (χ2v) is 5.71. The van der Waals surface area contributed by atoms with Crippen LogP contribution in [0.1, 0.15) is 5.56 Å². The third-order valence-electron chi connectivity index (χ3n) is 2.99. The number of carbonyl (C=O) groups excluding carboxylic acids is 1. The maximum Gasteiger partial charge on any atom is 0.238 e. The maximum atomic E-state index is 11.8. The molecular formula is C13H18Cl2N2O2S. The van der Waals surface area contributed by atoms with E-state index in [1.54, 1.807) is 24.9 Å². The largest absolute Gasteiger partial charge is 0.497 e. The van der Waals surface area contributed by atoms with Gasteiger partial charge in [0.25, 0.3) is 0 Å². The molecule has 0 radical (unpaired) electrons. The zero-order valence-electron chi connectivity index (χ0n) is 11.1. The quantitative estimate of drug-likeness (QED) is 0.864. The molecule has 0 aliphatic carbocycles. The summed E-state index contributed by atoms with van der Waals surface area (Å²) in [5, 5.41) is 6.73. The highest BCUT2D eigenvalue weighted by molar-refractivity contribution is 7.99. The Bertz CT molecular complexity index is 454. The first kappa shape index (κ1) is 17.4. The Morgan fingerprint density at radius 1 is 1.60 bits per heavy atom. The van der Waals surface area contributed by atoms with Crippen LogP contribution in [-0.2, 0) is 11.2 Å². The van der Waals surface area contributed by atoms with Crippen LogP contribution in [0.3, 0.4) is 0 Å². The third-order valence-corrected chi connectivity index (χ3v) is 4.28. The molecule has 20 heavy (non-hydrogen) atoms. The van der Waals surface area contributed by atoms with E-state index >= 15 is 0 Å². The molecule has 112 valence electrons. The summed E-state index contributed by atoms with van der Waals surface area (Å²) in [6.45, 7) is 0.591. The van der Waals surface area contributed by atoms with E-state index in [0.717, 1.165) is 22.9 Å². The van der Waals surface area contributed by atoms with Crippen LogP contribution in [-0.4, -0.2) is 37.2 Å². The van der Waals surface area contributed by atoms with Crippen molar-refractivity contribution >= 4 is 41.7 Å². The lowest BCUT2D eigenvalue weighted by Gasteiger charge is -2.11. The molecule has 1 atom stereocenters. The molecule has 4 nitrogen and oxygen atoms in total. The van der Waals surface area contributed by atoms with E-state index in [9.17, 15) is 4.79 Å². The van der Waals surface area contributed by atoms with Crippen molar-refractivity contribution in [3.8, 4) is 5.75 Å². The zero-order chi connectivity index (χ0) is 13.7. The number of nitrogens with one attached hydrogen (secondary N) is 2. The van der Waals surface area contributed by atoms with Gasteiger partial charge in [0.05, 0.1) is 13.2 Å². The first-order valence-electron chi connectivity index (χ1n) is 6.12. The summed E-state index contributed by atoms with van der Waals surface area (Å²) in [4.78, 5) is 11.8. The number of ether oxygens (including phenoxy) is 1. The topological polar surface area (TPSA) is 50.4 Å². The molecule has 1 heterocycles. The van der Waals surface area contributed by atoms with Crippen LogP contribution in [0.2, 0.25) is 5.02 Å². The summed E-state index contributed by atoms with van der Waals surface area (Å²) in [5.74, 6) is 2.50. The second-order valence-electron chi connectivity index (χ2n) is 4.27. The number of benzene rings is 1. The molecule has 1 unspecified atom stereocenters. The van der Waals surface area contributed by atoms with Gasteiger partial charge >= 0.3 is 0 Å². The predicted molar refractivity (Wildman–Crippen MR) is 86.2 cm³/mol. The standard InChI is InChI=1S/C13H17ClN2O2S.ClH/c1-18-10-3-2-9(11(14)6-10)4-5-15-13(17)12-7-19-8-16-12;/h2-3,6,12,16H,4-5,7-8H2,1H3,(H,15,17);1H. The summed E-state index contributed by atoms with van der Waals surface area (Å²) in [6, 6.07) is 5.53. The highest BCUT2D eigenvalue weighted by Gasteiger charge is 2.21. The Morgan fingerprint density at radius 2 is 2.40 bits per heavy atom. The molecule has 2 rings (SSSR count). The summed E-state index contributed by atoms with van der Waals surface area (Å²) in [7, 11) is 1.61. The monoisotopic (exact) mass is 336 g/mol. The van der Waals surface area contributed by atoms with Gasteiger partial charge < -0.3 is 10.1 Å². The molecule has 1 amide bonds. The number of rotatable bonds is 5. The van der Waals surface area contributed by atoms with Gasteiger partial charge in [0, 0.05) is 23.2 Å². The lowest BCUT2D eigenvalue weighted by molar-refractivity contribution is -0.122. The number of amides is 1. The SMILES string of the molecule is COc1ccc(CCNC(=O)C2CSCN2)c(Cl)c1.Cl. The highest BCUT2D eigenvalue weighted by Crippen LogP contribution is 2.22. The number of carbonyl (C=O) groups is 1. The lowest BCUT2D eigenvalue weighted by atomic mass is 10.1. The van der Waals surface area contributed by atoms with Crippen LogP contribution in [0.25, 0.3) is 0 Å². The second kappa shape index (κ2) is 8.62. The minimum Gasteiger partial charge on any atom is -0.497 e. The molecule has 2 N–H and O–H groups in total. The molecule has 7 heteroatoms. The van der Waals surface area contributed by atoms with Crippen molar-refractivity contribution < 1.29 is 9.53 Å². The molecule has 1 aromatic rings. The summed E-state index contributed by atoms with van der Waals surface area (Å²) in [6.07, 6.45) is 0.717. The molecule has 0 spiro atoms. The maximum absolute atomic E-state index is 11.8. The zero-order valence-corrected chi connectivity index (χ0v) is 13.5. The number of thioether (sulfide) groups is 1. The van der Waals surface area contributed by atoms with Crippen LogP contribution in [0.15, 0.2) is 18.2 Å². The van der Waals surface area contributed by atoms with Crippen LogP contribution in [0.4, 0.5) is 0 Å². The van der Waals surface area contributed by atoms with Gasteiger partial charge in [-0.2, -0.15) is 0 Å². The van der Waals surface area contributed by atoms with E-state index in [1.165, 1.54) is 0 Å². The number of halogens is 2. The number of hydrogen-bond acceptors (Lipinski definition) is 4. The first-order valence-corrected chi connectivity index (χ1v) is 7.65. The fourth-order valence-electron chi connectivity index (χ4n) is 1.86. The van der Waals surface area contributed by atoms with Crippen molar-refractivity contribution in [2.75, 3.05) is 25.3 Å². The molecule has 1 fully saturated rings. The average Bonchev–Trinajstić information content (AvgIpc) is 2.94. The van der Waals surface area contributed by atoms with Gasteiger partial charge in [0.1, 0.15) is 5.75 Å². The predicted octanol–water partition coefficient (Wildman–Crippen LogP) is 2.09. The van der Waals surface area contributed by atoms with Gasteiger partial charge in [-0.3, -0.25) is 10.1 Å². The third kappa shape index (κ3) is 4.74. The molecule has 0 bridgehead atoms. The van der Waals surface area contributed by atoms with Crippen molar-refractivity contribution in [3.05, 3.63) is 28.8 Å². The van der Waals surface area contributed by atoms with E-state index in [4.69, 9.17) is 16.3 Å². The van der Waals surface area contributed by atoms with Crippen LogP contribution in [0.5, 0.6) is 5.75 Å². The molecule has 1 aliphatic rings. The van der Waals surface area contributed by atoms with E-state index in [-0.39, 0.29) is 24.4 Å². The Balaban J connectivity index is 0.00000200. The molecule has 1 saturated heterocycles. The normalized spacial score (nSPS) is 17.4. The Kier molecular flexibility index (Phi) is 7.51. The first-order chi connectivity index (χ1) is 9.20. The van der Waals surface area contributed by atoms with Gasteiger partial charge in [0.15, 0.2) is 0 Å². The smallest absolute Gasteiger partial charge is 0.238 e. The minimum absolute atomic E-state index is 0. The number of methoxy groups -OCH3 is 1. The Hall–Kier alpha value is -0.620. The van der Waals surface area contributed by atoms with E-state index in [1.807, 2.05) is 12.1 Å². The average molecular weight is 337 g/mol. The fraction of sp³-hybridized carbons (Fsp3) is 0.462. The van der Waals surface area contributed by atoms with Gasteiger partial charge in [-0.25, -0.2) is 0 Å². The Labute approximate surface area is 134 Å². The van der Waals surface area contributed by atoms with Crippen molar-refractivity contribution in [3.63, 3.8) is 0 Å². The molecule has 1 aromatic carbocycles.